The smallest absolute Gasteiger partial charge is 0.203 e. The summed E-state index contributed by atoms with van der Waals surface area (Å²) in [6.07, 6.45) is 0. The second kappa shape index (κ2) is 4.75. The van der Waals surface area contributed by atoms with Gasteiger partial charge in [-0.1, -0.05) is 15.9 Å². The van der Waals surface area contributed by atoms with Gasteiger partial charge >= 0.3 is 0 Å². The van der Waals surface area contributed by atoms with Crippen LogP contribution in [0.15, 0.2) is 28.7 Å². The van der Waals surface area contributed by atoms with Crippen LogP contribution in [0.3, 0.4) is 0 Å². The molecule has 0 aliphatic heterocycles. The van der Waals surface area contributed by atoms with Gasteiger partial charge in [0.15, 0.2) is 0 Å². The molecule has 0 atom stereocenters. The third kappa shape index (κ3) is 2.67. The maximum absolute atomic E-state index is 12.4. The minimum Gasteiger partial charge on any atom is -0.288 e. The molecule has 1 aromatic carbocycles. The zero-order chi connectivity index (χ0) is 12.6. The summed E-state index contributed by atoms with van der Waals surface area (Å²) < 4.78 is 0.951. The van der Waals surface area contributed by atoms with Gasteiger partial charge in [-0.3, -0.25) is 4.79 Å². The molecule has 17 heavy (non-hydrogen) atoms. The fraction of sp³-hybridized carbons (Fsp3) is 0.214. The van der Waals surface area contributed by atoms with E-state index in [2.05, 4.69) is 22.0 Å². The Labute approximate surface area is 114 Å². The average Bonchev–Trinajstić information content (AvgIpc) is 2.55. The van der Waals surface area contributed by atoms with Crippen molar-refractivity contribution in [3.05, 3.63) is 55.2 Å². The maximum atomic E-state index is 12.4. The number of rotatable bonds is 2. The Morgan fingerprint density at radius 3 is 2.35 bits per heavy atom. The lowest BCUT2D eigenvalue weighted by Crippen LogP contribution is -2.00. The second-order valence-electron chi connectivity index (χ2n) is 4.22. The largest absolute Gasteiger partial charge is 0.288 e. The highest BCUT2D eigenvalue weighted by atomic mass is 79.9. The van der Waals surface area contributed by atoms with Crippen LogP contribution in [0.25, 0.3) is 0 Å². The van der Waals surface area contributed by atoms with Crippen molar-refractivity contribution in [1.29, 1.82) is 0 Å². The van der Waals surface area contributed by atoms with Crippen molar-refractivity contribution >= 4 is 33.0 Å². The zero-order valence-electron chi connectivity index (χ0n) is 10.0. The third-order valence-electron chi connectivity index (χ3n) is 2.55. The maximum Gasteiger partial charge on any atom is 0.203 e. The highest BCUT2D eigenvalue weighted by Gasteiger charge is 2.15. The van der Waals surface area contributed by atoms with Crippen LogP contribution in [0.1, 0.15) is 31.2 Å². The van der Waals surface area contributed by atoms with Crippen molar-refractivity contribution < 1.29 is 4.79 Å². The normalized spacial score (nSPS) is 10.6. The Kier molecular flexibility index (Phi) is 3.50. The molecule has 0 aliphatic rings. The van der Waals surface area contributed by atoms with E-state index in [-0.39, 0.29) is 5.78 Å². The molecule has 1 aromatic heterocycles. The Hall–Kier alpha value is -0.930. The summed E-state index contributed by atoms with van der Waals surface area (Å²) in [5.41, 5.74) is 2.91. The molecule has 0 bridgehead atoms. The number of aryl methyl sites for hydroxylation is 3. The van der Waals surface area contributed by atoms with Crippen molar-refractivity contribution in [2.45, 2.75) is 20.8 Å². The number of carbonyl (C=O) groups is 1. The fourth-order valence-electron chi connectivity index (χ4n) is 1.87. The molecule has 0 aliphatic carbocycles. The van der Waals surface area contributed by atoms with E-state index in [0.29, 0.717) is 0 Å². The first-order valence-corrected chi connectivity index (χ1v) is 6.97. The van der Waals surface area contributed by atoms with Crippen molar-refractivity contribution in [2.24, 2.45) is 0 Å². The fourth-order valence-corrected chi connectivity index (χ4v) is 3.46. The lowest BCUT2D eigenvalue weighted by molar-refractivity contribution is 0.104. The van der Waals surface area contributed by atoms with Crippen molar-refractivity contribution in [1.82, 2.24) is 0 Å². The van der Waals surface area contributed by atoms with Gasteiger partial charge in [-0.05, 0) is 56.2 Å². The number of benzene rings is 1. The van der Waals surface area contributed by atoms with Crippen molar-refractivity contribution in [3.8, 4) is 0 Å². The standard InChI is InChI=1S/C14H13BrOS/c1-8-4-11(7-12(15)5-8)13(16)14-9(2)6-10(3)17-14/h4-7H,1-3H3. The predicted octanol–water partition coefficient (Wildman–Crippen LogP) is 4.67. The van der Waals surface area contributed by atoms with E-state index in [4.69, 9.17) is 0 Å². The van der Waals surface area contributed by atoms with Crippen molar-refractivity contribution in [3.63, 3.8) is 0 Å². The minimum absolute atomic E-state index is 0.116. The van der Waals surface area contributed by atoms with E-state index < -0.39 is 0 Å². The van der Waals surface area contributed by atoms with E-state index in [9.17, 15) is 4.79 Å². The van der Waals surface area contributed by atoms with Gasteiger partial charge in [0.1, 0.15) is 0 Å². The molecule has 1 heterocycles. The number of hydrogen-bond acceptors (Lipinski definition) is 2. The van der Waals surface area contributed by atoms with E-state index in [0.717, 1.165) is 26.0 Å². The lowest BCUT2D eigenvalue weighted by atomic mass is 10.1. The summed E-state index contributed by atoms with van der Waals surface area (Å²) in [6, 6.07) is 7.87. The Balaban J connectivity index is 2.47. The molecule has 0 saturated carbocycles. The van der Waals surface area contributed by atoms with E-state index in [1.165, 1.54) is 4.88 Å². The van der Waals surface area contributed by atoms with Crippen LogP contribution in [-0.2, 0) is 0 Å². The second-order valence-corrected chi connectivity index (χ2v) is 6.39. The molecular weight excluding hydrogens is 296 g/mol. The van der Waals surface area contributed by atoms with Gasteiger partial charge in [0, 0.05) is 14.9 Å². The van der Waals surface area contributed by atoms with Gasteiger partial charge < -0.3 is 0 Å². The molecule has 0 N–H and O–H groups in total. The van der Waals surface area contributed by atoms with Crippen LogP contribution in [0.4, 0.5) is 0 Å². The first-order chi connectivity index (χ1) is 7.97. The molecule has 0 fully saturated rings. The zero-order valence-corrected chi connectivity index (χ0v) is 12.4. The Morgan fingerprint density at radius 2 is 1.82 bits per heavy atom. The van der Waals surface area contributed by atoms with Crippen LogP contribution < -0.4 is 0 Å². The number of halogens is 1. The first-order valence-electron chi connectivity index (χ1n) is 5.36. The van der Waals surface area contributed by atoms with Crippen LogP contribution in [0.5, 0.6) is 0 Å². The minimum atomic E-state index is 0.116. The van der Waals surface area contributed by atoms with Gasteiger partial charge in [0.05, 0.1) is 4.88 Å². The summed E-state index contributed by atoms with van der Waals surface area (Å²) in [7, 11) is 0. The lowest BCUT2D eigenvalue weighted by Gasteiger charge is -2.03. The molecule has 3 heteroatoms. The molecule has 0 saturated heterocycles. The average molecular weight is 309 g/mol. The highest BCUT2D eigenvalue weighted by molar-refractivity contribution is 9.10. The van der Waals surface area contributed by atoms with Crippen LogP contribution in [0.2, 0.25) is 0 Å². The van der Waals surface area contributed by atoms with E-state index in [1.54, 1.807) is 11.3 Å². The summed E-state index contributed by atoms with van der Waals surface area (Å²) >= 11 is 4.99. The van der Waals surface area contributed by atoms with Gasteiger partial charge in [-0.2, -0.15) is 0 Å². The first kappa shape index (κ1) is 12.5. The number of hydrogen-bond donors (Lipinski definition) is 0. The number of carbonyl (C=O) groups excluding carboxylic acids is 1. The number of thiophene rings is 1. The predicted molar refractivity (Wildman–Crippen MR) is 76.1 cm³/mol. The van der Waals surface area contributed by atoms with Crippen molar-refractivity contribution in [2.75, 3.05) is 0 Å². The quantitative estimate of drug-likeness (QED) is 0.737. The number of ketones is 1. The van der Waals surface area contributed by atoms with Gasteiger partial charge in [0.2, 0.25) is 5.78 Å². The van der Waals surface area contributed by atoms with Crippen LogP contribution in [-0.4, -0.2) is 5.78 Å². The van der Waals surface area contributed by atoms with Gasteiger partial charge in [-0.15, -0.1) is 11.3 Å². The summed E-state index contributed by atoms with van der Waals surface area (Å²) in [4.78, 5) is 14.4. The molecule has 0 radical (unpaired) electrons. The summed E-state index contributed by atoms with van der Waals surface area (Å²) in [5, 5.41) is 0. The molecule has 2 aromatic rings. The summed E-state index contributed by atoms with van der Waals surface area (Å²) in [6.45, 7) is 6.01. The van der Waals surface area contributed by atoms with E-state index >= 15 is 0 Å². The monoisotopic (exact) mass is 308 g/mol. The molecule has 0 amide bonds. The molecule has 2 rings (SSSR count). The van der Waals surface area contributed by atoms with Crippen LogP contribution in [0, 0.1) is 20.8 Å². The third-order valence-corrected chi connectivity index (χ3v) is 4.16. The van der Waals surface area contributed by atoms with Gasteiger partial charge in [0.25, 0.3) is 0 Å². The molecule has 88 valence electrons. The topological polar surface area (TPSA) is 17.1 Å². The Morgan fingerprint density at radius 1 is 1.12 bits per heavy atom. The van der Waals surface area contributed by atoms with Gasteiger partial charge in [-0.25, -0.2) is 0 Å². The molecule has 0 unspecified atom stereocenters. The molecule has 0 spiro atoms. The van der Waals surface area contributed by atoms with E-state index in [1.807, 2.05) is 39.0 Å². The summed E-state index contributed by atoms with van der Waals surface area (Å²) in [5.74, 6) is 0.116. The molecular formula is C14H13BrOS. The Bertz CT molecular complexity index is 564. The molecule has 1 nitrogen and oxygen atoms in total. The SMILES string of the molecule is Cc1cc(Br)cc(C(=O)c2sc(C)cc2C)c1. The highest BCUT2D eigenvalue weighted by Crippen LogP contribution is 2.25. The van der Waals surface area contributed by atoms with Crippen LogP contribution >= 0.6 is 27.3 Å².